The maximum Gasteiger partial charge on any atom is 0.195 e. The van der Waals surface area contributed by atoms with Crippen LogP contribution in [0.25, 0.3) is 5.57 Å². The molecule has 1 aliphatic heterocycles. The fourth-order valence-electron chi connectivity index (χ4n) is 3.51. The number of benzene rings is 3. The van der Waals surface area contributed by atoms with Crippen LogP contribution in [0.15, 0.2) is 85.1 Å². The summed E-state index contributed by atoms with van der Waals surface area (Å²) in [5, 5.41) is 0. The SMILES string of the molecule is Cc1ccccc1C(=O)/C(=C/N1CCc2ccccc21)c1ccccc1. The van der Waals surface area contributed by atoms with Gasteiger partial charge in [0, 0.05) is 29.6 Å². The Hall–Kier alpha value is -3.13. The van der Waals surface area contributed by atoms with Gasteiger partial charge in [-0.05, 0) is 36.1 Å². The summed E-state index contributed by atoms with van der Waals surface area (Å²) in [5.41, 5.74) is 5.97. The van der Waals surface area contributed by atoms with Crippen molar-refractivity contribution in [3.63, 3.8) is 0 Å². The third-order valence-corrected chi connectivity index (χ3v) is 4.93. The number of nitrogens with zero attached hydrogens (tertiary/aromatic N) is 1. The molecule has 2 nitrogen and oxygen atoms in total. The number of ketones is 1. The van der Waals surface area contributed by atoms with Crippen molar-refractivity contribution in [1.82, 2.24) is 0 Å². The van der Waals surface area contributed by atoms with Crippen LogP contribution in [0.1, 0.15) is 27.0 Å². The molecule has 0 unspecified atom stereocenters. The zero-order valence-corrected chi connectivity index (χ0v) is 14.9. The topological polar surface area (TPSA) is 20.3 Å². The summed E-state index contributed by atoms with van der Waals surface area (Å²) in [5.74, 6) is 0.0682. The Morgan fingerprint density at radius 2 is 1.58 bits per heavy atom. The van der Waals surface area contributed by atoms with E-state index >= 15 is 0 Å². The number of carbonyl (C=O) groups excluding carboxylic acids is 1. The molecule has 128 valence electrons. The highest BCUT2D eigenvalue weighted by Gasteiger charge is 2.21. The molecule has 2 heteroatoms. The standard InChI is InChI=1S/C24H21NO/c1-18-9-5-7-13-21(18)24(26)22(19-10-3-2-4-11-19)17-25-16-15-20-12-6-8-14-23(20)25/h2-14,17H,15-16H2,1H3/b22-17+. The number of anilines is 1. The molecule has 0 fully saturated rings. The molecule has 0 atom stereocenters. The van der Waals surface area contributed by atoms with Gasteiger partial charge < -0.3 is 4.90 Å². The van der Waals surface area contributed by atoms with Gasteiger partial charge in [0.15, 0.2) is 5.78 Å². The normalized spacial score (nSPS) is 13.6. The number of fused-ring (bicyclic) bond motifs is 1. The third-order valence-electron chi connectivity index (χ3n) is 4.93. The van der Waals surface area contributed by atoms with Gasteiger partial charge in [0.2, 0.25) is 0 Å². The van der Waals surface area contributed by atoms with E-state index < -0.39 is 0 Å². The maximum absolute atomic E-state index is 13.4. The molecule has 3 aromatic carbocycles. The summed E-state index contributed by atoms with van der Waals surface area (Å²) in [7, 11) is 0. The van der Waals surface area contributed by atoms with E-state index in [0.717, 1.165) is 35.2 Å². The van der Waals surface area contributed by atoms with Crippen LogP contribution >= 0.6 is 0 Å². The summed E-state index contributed by atoms with van der Waals surface area (Å²) >= 11 is 0. The largest absolute Gasteiger partial charge is 0.347 e. The van der Waals surface area contributed by atoms with Crippen molar-refractivity contribution in [3.8, 4) is 0 Å². The van der Waals surface area contributed by atoms with Crippen LogP contribution in [0, 0.1) is 6.92 Å². The highest BCUT2D eigenvalue weighted by Crippen LogP contribution is 2.30. The summed E-state index contributed by atoms with van der Waals surface area (Å²) in [6, 6.07) is 26.1. The van der Waals surface area contributed by atoms with Gasteiger partial charge in [-0.15, -0.1) is 0 Å². The van der Waals surface area contributed by atoms with Crippen LogP contribution in [0.3, 0.4) is 0 Å². The van der Waals surface area contributed by atoms with E-state index in [4.69, 9.17) is 0 Å². The number of carbonyl (C=O) groups is 1. The molecule has 0 saturated carbocycles. The average molecular weight is 339 g/mol. The molecular formula is C24H21NO. The quantitative estimate of drug-likeness (QED) is 0.476. The zero-order valence-electron chi connectivity index (χ0n) is 14.9. The molecule has 0 amide bonds. The van der Waals surface area contributed by atoms with Gasteiger partial charge in [0.05, 0.1) is 0 Å². The van der Waals surface area contributed by atoms with Crippen LogP contribution in [0.2, 0.25) is 0 Å². The first kappa shape index (κ1) is 16.3. The summed E-state index contributed by atoms with van der Waals surface area (Å²) in [6.07, 6.45) is 3.03. The first-order chi connectivity index (χ1) is 12.7. The number of allylic oxidation sites excluding steroid dienone is 1. The van der Waals surface area contributed by atoms with Crippen LogP contribution in [-0.2, 0) is 6.42 Å². The zero-order chi connectivity index (χ0) is 17.9. The molecule has 0 radical (unpaired) electrons. The molecule has 4 rings (SSSR count). The average Bonchev–Trinajstić information content (AvgIpc) is 3.10. The minimum Gasteiger partial charge on any atom is -0.347 e. The van der Waals surface area contributed by atoms with Crippen LogP contribution in [0.4, 0.5) is 5.69 Å². The van der Waals surface area contributed by atoms with E-state index in [9.17, 15) is 4.79 Å². The summed E-state index contributed by atoms with van der Waals surface area (Å²) in [4.78, 5) is 15.6. The molecule has 0 bridgehead atoms. The Labute approximate surface area is 154 Å². The van der Waals surface area contributed by atoms with Crippen molar-refractivity contribution < 1.29 is 4.79 Å². The monoisotopic (exact) mass is 339 g/mol. The molecule has 0 saturated heterocycles. The number of aryl methyl sites for hydroxylation is 1. The lowest BCUT2D eigenvalue weighted by Gasteiger charge is -2.18. The Morgan fingerprint density at radius 3 is 2.38 bits per heavy atom. The molecule has 26 heavy (non-hydrogen) atoms. The van der Waals surface area contributed by atoms with Crippen molar-refractivity contribution >= 4 is 17.0 Å². The fourth-order valence-corrected chi connectivity index (χ4v) is 3.51. The summed E-state index contributed by atoms with van der Waals surface area (Å²) < 4.78 is 0. The van der Waals surface area contributed by atoms with Crippen molar-refractivity contribution in [2.75, 3.05) is 11.4 Å². The summed E-state index contributed by atoms with van der Waals surface area (Å²) in [6.45, 7) is 2.89. The highest BCUT2D eigenvalue weighted by molar-refractivity contribution is 6.29. The second-order valence-corrected chi connectivity index (χ2v) is 6.62. The maximum atomic E-state index is 13.4. The highest BCUT2D eigenvalue weighted by atomic mass is 16.1. The lowest BCUT2D eigenvalue weighted by atomic mass is 9.94. The predicted octanol–water partition coefficient (Wildman–Crippen LogP) is 5.28. The van der Waals surface area contributed by atoms with E-state index in [-0.39, 0.29) is 5.78 Å². The third kappa shape index (κ3) is 3.06. The van der Waals surface area contributed by atoms with Crippen LogP contribution < -0.4 is 4.90 Å². The number of Topliss-reactive ketones (excluding diaryl/α,β-unsaturated/α-hetero) is 1. The molecule has 1 aliphatic rings. The van der Waals surface area contributed by atoms with Crippen molar-refractivity contribution in [2.45, 2.75) is 13.3 Å². The number of hydrogen-bond donors (Lipinski definition) is 0. The minimum atomic E-state index is 0.0682. The second kappa shape index (κ2) is 7.01. The van der Waals surface area contributed by atoms with E-state index in [0.29, 0.717) is 0 Å². The lowest BCUT2D eigenvalue weighted by molar-refractivity contribution is 0.105. The van der Waals surface area contributed by atoms with Crippen molar-refractivity contribution in [2.24, 2.45) is 0 Å². The number of rotatable bonds is 4. The Kier molecular flexibility index (Phi) is 4.40. The van der Waals surface area contributed by atoms with E-state index in [1.165, 1.54) is 11.3 Å². The number of para-hydroxylation sites is 1. The smallest absolute Gasteiger partial charge is 0.195 e. The van der Waals surface area contributed by atoms with Gasteiger partial charge in [-0.2, -0.15) is 0 Å². The van der Waals surface area contributed by atoms with E-state index in [1.807, 2.05) is 67.7 Å². The minimum absolute atomic E-state index is 0.0682. The van der Waals surface area contributed by atoms with Gasteiger partial charge in [0.25, 0.3) is 0 Å². The van der Waals surface area contributed by atoms with Crippen molar-refractivity contribution in [3.05, 3.63) is 107 Å². The van der Waals surface area contributed by atoms with Gasteiger partial charge >= 0.3 is 0 Å². The van der Waals surface area contributed by atoms with Gasteiger partial charge in [-0.25, -0.2) is 0 Å². The molecule has 0 aromatic heterocycles. The molecular weight excluding hydrogens is 318 g/mol. The first-order valence-electron chi connectivity index (χ1n) is 8.96. The molecule has 3 aromatic rings. The lowest BCUT2D eigenvalue weighted by Crippen LogP contribution is -2.16. The van der Waals surface area contributed by atoms with Gasteiger partial charge in [0.1, 0.15) is 0 Å². The number of hydrogen-bond acceptors (Lipinski definition) is 2. The van der Waals surface area contributed by atoms with Gasteiger partial charge in [-0.1, -0.05) is 72.8 Å². The molecule has 1 heterocycles. The van der Waals surface area contributed by atoms with E-state index in [2.05, 4.69) is 29.2 Å². The molecule has 0 N–H and O–H groups in total. The fraction of sp³-hybridized carbons (Fsp3) is 0.125. The van der Waals surface area contributed by atoms with Gasteiger partial charge in [-0.3, -0.25) is 4.79 Å². The molecule has 0 aliphatic carbocycles. The Morgan fingerprint density at radius 1 is 0.885 bits per heavy atom. The van der Waals surface area contributed by atoms with Crippen LogP contribution in [-0.4, -0.2) is 12.3 Å². The molecule has 0 spiro atoms. The Bertz CT molecular complexity index is 972. The van der Waals surface area contributed by atoms with Crippen LogP contribution in [0.5, 0.6) is 0 Å². The first-order valence-corrected chi connectivity index (χ1v) is 8.96. The second-order valence-electron chi connectivity index (χ2n) is 6.62. The van der Waals surface area contributed by atoms with E-state index in [1.54, 1.807) is 0 Å². The van der Waals surface area contributed by atoms with Crippen molar-refractivity contribution in [1.29, 1.82) is 0 Å². The Balaban J connectivity index is 1.80. The predicted molar refractivity (Wildman–Crippen MR) is 107 cm³/mol.